The summed E-state index contributed by atoms with van der Waals surface area (Å²) in [6.45, 7) is 12.5. The molecule has 0 heterocycles. The van der Waals surface area contributed by atoms with Gasteiger partial charge in [-0.3, -0.25) is 0 Å². The highest BCUT2D eigenvalue weighted by Crippen LogP contribution is 2.02. The molecule has 76 valence electrons. The largest absolute Gasteiger partial charge is 0.377 e. The third-order valence-corrected chi connectivity index (χ3v) is 2.10. The molecule has 0 fully saturated rings. The fourth-order valence-corrected chi connectivity index (χ4v) is 1.13. The van der Waals surface area contributed by atoms with Crippen molar-refractivity contribution in [3.05, 3.63) is 24.9 Å². The van der Waals surface area contributed by atoms with E-state index in [0.29, 0.717) is 5.92 Å². The van der Waals surface area contributed by atoms with Gasteiger partial charge in [-0.05, 0) is 25.5 Å². The molecule has 0 saturated heterocycles. The molecule has 0 aromatic carbocycles. The van der Waals surface area contributed by atoms with E-state index in [1.54, 1.807) is 0 Å². The molecule has 0 aliphatic heterocycles. The van der Waals surface area contributed by atoms with Crippen LogP contribution in [0.2, 0.25) is 0 Å². The molecule has 0 aliphatic carbocycles. The Bertz CT molecular complexity index is 149. The molecule has 1 nitrogen and oxygen atoms in total. The van der Waals surface area contributed by atoms with E-state index < -0.39 is 0 Å². The van der Waals surface area contributed by atoms with Crippen LogP contribution in [0.15, 0.2) is 24.9 Å². The fraction of sp³-hybridized carbons (Fsp3) is 0.667. The van der Waals surface area contributed by atoms with Crippen LogP contribution in [0.4, 0.5) is 0 Å². The predicted octanol–water partition coefficient (Wildman–Crippen LogP) is 3.44. The Morgan fingerprint density at radius 1 is 1.38 bits per heavy atom. The van der Waals surface area contributed by atoms with Crippen molar-refractivity contribution in [1.29, 1.82) is 0 Å². The first-order chi connectivity index (χ1) is 6.24. The Hall–Kier alpha value is -0.720. The maximum absolute atomic E-state index is 3.79. The van der Waals surface area contributed by atoms with Crippen LogP contribution in [0.3, 0.4) is 0 Å². The van der Waals surface area contributed by atoms with Gasteiger partial charge < -0.3 is 4.90 Å². The molecule has 13 heavy (non-hydrogen) atoms. The van der Waals surface area contributed by atoms with Crippen molar-refractivity contribution in [1.82, 2.24) is 4.90 Å². The van der Waals surface area contributed by atoms with Gasteiger partial charge >= 0.3 is 0 Å². The monoisotopic (exact) mass is 181 g/mol. The molecule has 0 aliphatic rings. The van der Waals surface area contributed by atoms with Crippen molar-refractivity contribution in [3.63, 3.8) is 0 Å². The first kappa shape index (κ1) is 12.3. The van der Waals surface area contributed by atoms with Crippen LogP contribution >= 0.6 is 0 Å². The third kappa shape index (κ3) is 6.44. The van der Waals surface area contributed by atoms with Crippen molar-refractivity contribution >= 4 is 0 Å². The lowest BCUT2D eigenvalue weighted by Gasteiger charge is -2.20. The normalized spacial score (nSPS) is 13.2. The molecule has 1 unspecified atom stereocenters. The van der Waals surface area contributed by atoms with Crippen LogP contribution in [-0.2, 0) is 0 Å². The second-order valence-corrected chi connectivity index (χ2v) is 3.47. The smallest absolute Gasteiger partial charge is 0.0232 e. The Labute approximate surface area is 83.1 Å². The van der Waals surface area contributed by atoms with E-state index in [0.717, 1.165) is 13.1 Å². The lowest BCUT2D eigenvalue weighted by molar-refractivity contribution is 0.361. The summed E-state index contributed by atoms with van der Waals surface area (Å²) in [5, 5.41) is 0. The first-order valence-electron chi connectivity index (χ1n) is 5.27. The minimum Gasteiger partial charge on any atom is -0.377 e. The van der Waals surface area contributed by atoms with Crippen molar-refractivity contribution in [2.45, 2.75) is 33.6 Å². The van der Waals surface area contributed by atoms with Gasteiger partial charge in [-0.1, -0.05) is 32.4 Å². The highest BCUT2D eigenvalue weighted by Gasteiger charge is 2.00. The maximum atomic E-state index is 3.79. The van der Waals surface area contributed by atoms with Gasteiger partial charge in [0.1, 0.15) is 0 Å². The summed E-state index contributed by atoms with van der Waals surface area (Å²) in [6, 6.07) is 0. The zero-order valence-electron chi connectivity index (χ0n) is 9.29. The Balaban J connectivity index is 3.81. The van der Waals surface area contributed by atoms with E-state index in [1.165, 1.54) is 12.8 Å². The van der Waals surface area contributed by atoms with Crippen molar-refractivity contribution in [2.24, 2.45) is 5.92 Å². The minimum atomic E-state index is 0.575. The average Bonchev–Trinajstić information content (AvgIpc) is 2.16. The third-order valence-electron chi connectivity index (χ3n) is 2.10. The zero-order valence-corrected chi connectivity index (χ0v) is 9.29. The van der Waals surface area contributed by atoms with Gasteiger partial charge in [0.25, 0.3) is 0 Å². The van der Waals surface area contributed by atoms with Crippen LogP contribution in [0, 0.1) is 5.92 Å². The molecule has 1 heteroatoms. The lowest BCUT2D eigenvalue weighted by Crippen LogP contribution is -2.22. The van der Waals surface area contributed by atoms with E-state index >= 15 is 0 Å². The molecule has 0 radical (unpaired) electrons. The summed E-state index contributed by atoms with van der Waals surface area (Å²) >= 11 is 0. The minimum absolute atomic E-state index is 0.575. The maximum Gasteiger partial charge on any atom is 0.0232 e. The van der Waals surface area contributed by atoms with E-state index in [1.807, 2.05) is 6.08 Å². The molecule has 0 spiro atoms. The highest BCUT2D eigenvalue weighted by molar-refractivity contribution is 4.85. The van der Waals surface area contributed by atoms with Gasteiger partial charge in [-0.2, -0.15) is 0 Å². The average molecular weight is 181 g/mol. The van der Waals surface area contributed by atoms with Crippen LogP contribution in [0.25, 0.3) is 0 Å². The van der Waals surface area contributed by atoms with E-state index in [2.05, 4.69) is 44.5 Å². The summed E-state index contributed by atoms with van der Waals surface area (Å²) in [5.41, 5.74) is 0. The zero-order chi connectivity index (χ0) is 10.1. The van der Waals surface area contributed by atoms with E-state index in [4.69, 9.17) is 0 Å². The summed E-state index contributed by atoms with van der Waals surface area (Å²) in [4.78, 5) is 2.34. The molecule has 0 saturated carbocycles. The topological polar surface area (TPSA) is 3.24 Å². The van der Waals surface area contributed by atoms with Gasteiger partial charge in [0.2, 0.25) is 0 Å². The number of allylic oxidation sites excluding steroid dienone is 1. The van der Waals surface area contributed by atoms with E-state index in [-0.39, 0.29) is 0 Å². The number of rotatable bonds is 7. The molecular weight excluding hydrogens is 158 g/mol. The predicted molar refractivity (Wildman–Crippen MR) is 60.7 cm³/mol. The number of unbranched alkanes of at least 4 members (excludes halogenated alkanes) is 1. The second kappa shape index (κ2) is 7.90. The van der Waals surface area contributed by atoms with Crippen LogP contribution in [0.1, 0.15) is 33.6 Å². The SMILES string of the molecule is C=CC(C)CN(/C=C\CCC)CC. The van der Waals surface area contributed by atoms with Crippen molar-refractivity contribution < 1.29 is 0 Å². The van der Waals surface area contributed by atoms with Crippen LogP contribution in [0.5, 0.6) is 0 Å². The summed E-state index contributed by atoms with van der Waals surface area (Å²) in [6.07, 6.45) is 8.88. The van der Waals surface area contributed by atoms with Crippen LogP contribution in [-0.4, -0.2) is 18.0 Å². The molecule has 0 bridgehead atoms. The first-order valence-corrected chi connectivity index (χ1v) is 5.27. The second-order valence-electron chi connectivity index (χ2n) is 3.47. The van der Waals surface area contributed by atoms with Gasteiger partial charge in [-0.25, -0.2) is 0 Å². The molecule has 0 aromatic rings. The quantitative estimate of drug-likeness (QED) is 0.544. The number of hydrogen-bond donors (Lipinski definition) is 0. The highest BCUT2D eigenvalue weighted by atomic mass is 15.1. The van der Waals surface area contributed by atoms with Gasteiger partial charge in [0.15, 0.2) is 0 Å². The summed E-state index contributed by atoms with van der Waals surface area (Å²) in [5.74, 6) is 0.575. The lowest BCUT2D eigenvalue weighted by atomic mass is 10.2. The Morgan fingerprint density at radius 2 is 2.08 bits per heavy atom. The number of hydrogen-bond acceptors (Lipinski definition) is 1. The molecule has 1 atom stereocenters. The molecule has 0 amide bonds. The Kier molecular flexibility index (Phi) is 7.47. The fourth-order valence-electron chi connectivity index (χ4n) is 1.13. The van der Waals surface area contributed by atoms with Gasteiger partial charge in [0, 0.05) is 13.1 Å². The Morgan fingerprint density at radius 3 is 2.54 bits per heavy atom. The standard InChI is InChI=1S/C12H23N/c1-5-8-9-10-13(7-3)11-12(4)6-2/h6,9-10,12H,2,5,7-8,11H2,1,3-4H3/b10-9-. The van der Waals surface area contributed by atoms with Crippen molar-refractivity contribution in [2.75, 3.05) is 13.1 Å². The van der Waals surface area contributed by atoms with Crippen LogP contribution < -0.4 is 0 Å². The number of nitrogens with zero attached hydrogens (tertiary/aromatic N) is 1. The van der Waals surface area contributed by atoms with Gasteiger partial charge in [-0.15, -0.1) is 6.58 Å². The summed E-state index contributed by atoms with van der Waals surface area (Å²) in [7, 11) is 0. The molecule has 0 aromatic heterocycles. The molecular formula is C12H23N. The summed E-state index contributed by atoms with van der Waals surface area (Å²) < 4.78 is 0. The van der Waals surface area contributed by atoms with Gasteiger partial charge in [0.05, 0.1) is 0 Å². The molecule has 0 N–H and O–H groups in total. The van der Waals surface area contributed by atoms with E-state index in [9.17, 15) is 0 Å². The van der Waals surface area contributed by atoms with Crippen molar-refractivity contribution in [3.8, 4) is 0 Å². The molecule has 0 rings (SSSR count).